The molecule has 1 aromatic heterocycles. The van der Waals surface area contributed by atoms with Crippen LogP contribution in [0.15, 0.2) is 28.7 Å². The third kappa shape index (κ3) is 4.76. The number of aryl methyl sites for hydroxylation is 1. The number of oxazole rings is 1. The van der Waals surface area contributed by atoms with E-state index >= 15 is 0 Å². The summed E-state index contributed by atoms with van der Waals surface area (Å²) in [6.07, 6.45) is 2.36. The minimum Gasteiger partial charge on any atom is -0.441 e. The highest BCUT2D eigenvalue weighted by Gasteiger charge is 2.44. The van der Waals surface area contributed by atoms with Crippen LogP contribution in [-0.2, 0) is 16.1 Å². The lowest BCUT2D eigenvalue weighted by molar-refractivity contribution is -0.125. The third-order valence-electron chi connectivity index (χ3n) is 4.84. The molecule has 0 unspecified atom stereocenters. The number of hydrogen-bond acceptors (Lipinski definition) is 4. The topological polar surface area (TPSA) is 84.2 Å². The van der Waals surface area contributed by atoms with E-state index in [0.29, 0.717) is 36.2 Å². The quantitative estimate of drug-likeness (QED) is 0.771. The number of carbonyl (C=O) groups is 2. The first kappa shape index (κ1) is 19.1. The van der Waals surface area contributed by atoms with E-state index in [2.05, 4.69) is 15.6 Å². The fourth-order valence-corrected chi connectivity index (χ4v) is 2.82. The zero-order valence-electron chi connectivity index (χ0n) is 16.4. The van der Waals surface area contributed by atoms with Crippen LogP contribution in [0.2, 0.25) is 0 Å². The molecule has 1 aliphatic carbocycles. The van der Waals surface area contributed by atoms with Gasteiger partial charge in [0, 0.05) is 23.1 Å². The van der Waals surface area contributed by atoms with E-state index in [1.54, 1.807) is 0 Å². The standard InChI is InChI=1S/C21H27N3O3/c1-13(2)10-18(25)23-16-7-5-6-15(11-16)19-24-17(14(3)27-19)12-22-20(26)21(4)8-9-21/h5-7,11,13H,8-10,12H2,1-4H3,(H,22,26)(H,23,25). The van der Waals surface area contributed by atoms with Crippen molar-refractivity contribution in [1.82, 2.24) is 10.3 Å². The summed E-state index contributed by atoms with van der Waals surface area (Å²) >= 11 is 0. The molecule has 0 radical (unpaired) electrons. The maximum Gasteiger partial charge on any atom is 0.226 e. The van der Waals surface area contributed by atoms with Crippen LogP contribution in [0, 0.1) is 18.3 Å². The van der Waals surface area contributed by atoms with Crippen LogP contribution in [-0.4, -0.2) is 16.8 Å². The summed E-state index contributed by atoms with van der Waals surface area (Å²) in [5, 5.41) is 5.85. The molecule has 0 bridgehead atoms. The van der Waals surface area contributed by atoms with Crippen molar-refractivity contribution in [1.29, 1.82) is 0 Å². The largest absolute Gasteiger partial charge is 0.441 e. The minimum absolute atomic E-state index is 0.0114. The molecule has 144 valence electrons. The molecule has 1 fully saturated rings. The fourth-order valence-electron chi connectivity index (χ4n) is 2.82. The fraction of sp³-hybridized carbons (Fsp3) is 0.476. The van der Waals surface area contributed by atoms with Gasteiger partial charge >= 0.3 is 0 Å². The summed E-state index contributed by atoms with van der Waals surface area (Å²) in [4.78, 5) is 28.6. The van der Waals surface area contributed by atoms with Gasteiger partial charge in [-0.2, -0.15) is 0 Å². The average molecular weight is 369 g/mol. The molecule has 0 aliphatic heterocycles. The van der Waals surface area contributed by atoms with Crippen molar-refractivity contribution in [2.75, 3.05) is 5.32 Å². The van der Waals surface area contributed by atoms with Gasteiger partial charge in [0.25, 0.3) is 0 Å². The van der Waals surface area contributed by atoms with E-state index in [9.17, 15) is 9.59 Å². The first-order valence-corrected chi connectivity index (χ1v) is 9.42. The summed E-state index contributed by atoms with van der Waals surface area (Å²) in [5.41, 5.74) is 2.01. The molecule has 6 nitrogen and oxygen atoms in total. The molecule has 1 heterocycles. The number of benzene rings is 1. The van der Waals surface area contributed by atoms with E-state index in [0.717, 1.165) is 24.1 Å². The van der Waals surface area contributed by atoms with Gasteiger partial charge in [0.05, 0.1) is 6.54 Å². The van der Waals surface area contributed by atoms with Crippen molar-refractivity contribution < 1.29 is 14.0 Å². The van der Waals surface area contributed by atoms with Crippen LogP contribution in [0.1, 0.15) is 51.5 Å². The van der Waals surface area contributed by atoms with Gasteiger partial charge in [-0.15, -0.1) is 0 Å². The summed E-state index contributed by atoms with van der Waals surface area (Å²) in [5.74, 6) is 1.53. The third-order valence-corrected chi connectivity index (χ3v) is 4.84. The van der Waals surface area contributed by atoms with E-state index in [4.69, 9.17) is 4.42 Å². The number of aromatic nitrogens is 1. The van der Waals surface area contributed by atoms with Crippen LogP contribution in [0.25, 0.3) is 11.5 Å². The summed E-state index contributed by atoms with van der Waals surface area (Å²) < 4.78 is 5.78. The van der Waals surface area contributed by atoms with Crippen LogP contribution in [0.3, 0.4) is 0 Å². The van der Waals surface area contributed by atoms with Gasteiger partial charge in [-0.1, -0.05) is 26.8 Å². The molecular weight excluding hydrogens is 342 g/mol. The maximum absolute atomic E-state index is 12.1. The second-order valence-corrected chi connectivity index (χ2v) is 7.99. The zero-order valence-corrected chi connectivity index (χ0v) is 16.4. The Kier molecular flexibility index (Phi) is 5.35. The molecule has 1 saturated carbocycles. The van der Waals surface area contributed by atoms with Crippen molar-refractivity contribution in [3.8, 4) is 11.5 Å². The van der Waals surface area contributed by atoms with Crippen molar-refractivity contribution in [3.63, 3.8) is 0 Å². The number of rotatable bonds is 7. The van der Waals surface area contributed by atoms with Crippen LogP contribution in [0.5, 0.6) is 0 Å². The molecule has 27 heavy (non-hydrogen) atoms. The molecule has 1 aliphatic rings. The SMILES string of the molecule is Cc1oc(-c2cccc(NC(=O)CC(C)C)c2)nc1CNC(=O)C1(C)CC1. The molecular formula is C21H27N3O3. The molecule has 6 heteroatoms. The molecule has 2 amide bonds. The molecule has 1 aromatic carbocycles. The van der Waals surface area contributed by atoms with Crippen molar-refractivity contribution >= 4 is 17.5 Å². The van der Waals surface area contributed by atoms with Gasteiger partial charge in [-0.3, -0.25) is 9.59 Å². The molecule has 2 aromatic rings. The van der Waals surface area contributed by atoms with Gasteiger partial charge < -0.3 is 15.1 Å². The van der Waals surface area contributed by atoms with Crippen molar-refractivity contribution in [3.05, 3.63) is 35.7 Å². The highest BCUT2D eigenvalue weighted by Crippen LogP contribution is 2.45. The van der Waals surface area contributed by atoms with Crippen LogP contribution in [0.4, 0.5) is 5.69 Å². The number of amides is 2. The van der Waals surface area contributed by atoms with Gasteiger partial charge in [-0.25, -0.2) is 4.98 Å². The Labute approximate surface area is 159 Å². The van der Waals surface area contributed by atoms with E-state index in [-0.39, 0.29) is 17.2 Å². The lowest BCUT2D eigenvalue weighted by Crippen LogP contribution is -2.30. The molecule has 0 spiro atoms. The number of carbonyl (C=O) groups excluding carboxylic acids is 2. The van der Waals surface area contributed by atoms with E-state index in [1.807, 2.05) is 52.0 Å². The minimum atomic E-state index is -0.205. The molecule has 0 saturated heterocycles. The van der Waals surface area contributed by atoms with Crippen molar-refractivity contribution in [2.24, 2.45) is 11.3 Å². The Bertz CT molecular complexity index is 850. The number of nitrogens with zero attached hydrogens (tertiary/aromatic N) is 1. The molecule has 0 atom stereocenters. The number of nitrogens with one attached hydrogen (secondary N) is 2. The van der Waals surface area contributed by atoms with Gasteiger partial charge in [0.15, 0.2) is 0 Å². The summed E-state index contributed by atoms with van der Waals surface area (Å²) in [6.45, 7) is 8.19. The normalized spacial score (nSPS) is 14.9. The zero-order chi connectivity index (χ0) is 19.6. The van der Waals surface area contributed by atoms with E-state index in [1.165, 1.54) is 0 Å². The van der Waals surface area contributed by atoms with E-state index < -0.39 is 0 Å². The molecule has 3 rings (SSSR count). The molecule has 2 N–H and O–H groups in total. The first-order chi connectivity index (χ1) is 12.8. The highest BCUT2D eigenvalue weighted by molar-refractivity contribution is 5.91. The maximum atomic E-state index is 12.1. The predicted octanol–water partition coefficient (Wildman–Crippen LogP) is 4.05. The van der Waals surface area contributed by atoms with Crippen LogP contribution < -0.4 is 10.6 Å². The predicted molar refractivity (Wildman–Crippen MR) is 104 cm³/mol. The second kappa shape index (κ2) is 7.55. The van der Waals surface area contributed by atoms with Gasteiger partial charge in [-0.05, 0) is 43.9 Å². The Hall–Kier alpha value is -2.63. The first-order valence-electron chi connectivity index (χ1n) is 9.42. The highest BCUT2D eigenvalue weighted by atomic mass is 16.4. The Morgan fingerprint density at radius 2 is 2.04 bits per heavy atom. The van der Waals surface area contributed by atoms with Gasteiger partial charge in [0.2, 0.25) is 17.7 Å². The summed E-state index contributed by atoms with van der Waals surface area (Å²) in [6, 6.07) is 7.43. The van der Waals surface area contributed by atoms with Gasteiger partial charge in [0.1, 0.15) is 11.5 Å². The Morgan fingerprint density at radius 1 is 1.30 bits per heavy atom. The average Bonchev–Trinajstić information content (AvgIpc) is 3.24. The van der Waals surface area contributed by atoms with Crippen molar-refractivity contribution in [2.45, 2.75) is 53.5 Å². The Morgan fingerprint density at radius 3 is 2.70 bits per heavy atom. The smallest absolute Gasteiger partial charge is 0.226 e. The van der Waals surface area contributed by atoms with Crippen LogP contribution >= 0.6 is 0 Å². The monoisotopic (exact) mass is 369 g/mol. The number of hydrogen-bond donors (Lipinski definition) is 2. The summed E-state index contributed by atoms with van der Waals surface area (Å²) in [7, 11) is 0. The number of anilines is 1. The Balaban J connectivity index is 1.68. The lowest BCUT2D eigenvalue weighted by Gasteiger charge is -2.08. The second-order valence-electron chi connectivity index (χ2n) is 7.99. The lowest BCUT2D eigenvalue weighted by atomic mass is 10.1.